The number of aromatic nitrogens is 2. The van der Waals surface area contributed by atoms with Crippen molar-refractivity contribution in [1.82, 2.24) is 15.5 Å². The van der Waals surface area contributed by atoms with Gasteiger partial charge in [-0.3, -0.25) is 9.89 Å². The number of aromatic amines is 1. The van der Waals surface area contributed by atoms with Crippen LogP contribution in [0.1, 0.15) is 52.1 Å². The minimum Gasteiger partial charge on any atom is -0.308 e. The van der Waals surface area contributed by atoms with Gasteiger partial charge in [0, 0.05) is 17.2 Å². The van der Waals surface area contributed by atoms with E-state index in [0.717, 1.165) is 31.5 Å². The number of carbonyl (C=O) groups is 1. The predicted octanol–water partition coefficient (Wildman–Crippen LogP) is 2.18. The molecule has 0 aliphatic carbocycles. The average Bonchev–Trinajstić information content (AvgIpc) is 2.63. The van der Waals surface area contributed by atoms with Crippen molar-refractivity contribution in [3.8, 4) is 0 Å². The van der Waals surface area contributed by atoms with E-state index in [2.05, 4.69) is 41.6 Å². The smallest absolute Gasteiger partial charge is 0.242 e. The molecule has 1 aromatic heterocycles. The molecular weight excluding hydrogens is 240 g/mol. The van der Waals surface area contributed by atoms with Crippen molar-refractivity contribution in [2.24, 2.45) is 0 Å². The summed E-state index contributed by atoms with van der Waals surface area (Å²) in [6.45, 7) is 7.25. The summed E-state index contributed by atoms with van der Waals surface area (Å²) in [5.74, 6) is 0.634. The first-order valence-electron chi connectivity index (χ1n) is 7.07. The Hall–Kier alpha value is -1.36. The van der Waals surface area contributed by atoms with Crippen molar-refractivity contribution in [2.75, 3.05) is 11.9 Å². The first-order valence-corrected chi connectivity index (χ1v) is 7.07. The molecule has 1 atom stereocenters. The van der Waals surface area contributed by atoms with Crippen LogP contribution >= 0.6 is 0 Å². The van der Waals surface area contributed by atoms with Crippen LogP contribution in [-0.4, -0.2) is 28.7 Å². The molecule has 1 unspecified atom stereocenters. The number of nitrogens with one attached hydrogen (secondary N) is 3. The molecule has 2 heterocycles. The number of nitrogens with zero attached hydrogens (tertiary/aromatic N) is 1. The number of rotatable bonds is 2. The Bertz CT molecular complexity index is 425. The van der Waals surface area contributed by atoms with Crippen molar-refractivity contribution in [3.05, 3.63) is 11.8 Å². The molecule has 0 aromatic carbocycles. The van der Waals surface area contributed by atoms with Gasteiger partial charge in [0.15, 0.2) is 5.82 Å². The van der Waals surface area contributed by atoms with E-state index in [1.165, 1.54) is 6.42 Å². The lowest BCUT2D eigenvalue weighted by Gasteiger charge is -2.15. The van der Waals surface area contributed by atoms with Gasteiger partial charge in [-0.1, -0.05) is 33.6 Å². The summed E-state index contributed by atoms with van der Waals surface area (Å²) in [5.41, 5.74) is 1.04. The van der Waals surface area contributed by atoms with Gasteiger partial charge in [-0.25, -0.2) is 0 Å². The van der Waals surface area contributed by atoms with Gasteiger partial charge >= 0.3 is 0 Å². The van der Waals surface area contributed by atoms with Gasteiger partial charge in [-0.05, 0) is 19.4 Å². The molecule has 1 aliphatic heterocycles. The second-order valence-corrected chi connectivity index (χ2v) is 6.26. The van der Waals surface area contributed by atoms with E-state index >= 15 is 0 Å². The van der Waals surface area contributed by atoms with Crippen LogP contribution in [0, 0.1) is 0 Å². The van der Waals surface area contributed by atoms with E-state index in [9.17, 15) is 4.79 Å². The molecule has 2 rings (SSSR count). The van der Waals surface area contributed by atoms with Crippen molar-refractivity contribution in [2.45, 2.75) is 57.9 Å². The molecule has 0 bridgehead atoms. The van der Waals surface area contributed by atoms with Gasteiger partial charge in [0.25, 0.3) is 0 Å². The maximum Gasteiger partial charge on any atom is 0.242 e. The normalized spacial score (nSPS) is 20.9. The van der Waals surface area contributed by atoms with Crippen molar-refractivity contribution >= 4 is 11.7 Å². The number of anilines is 1. The average molecular weight is 264 g/mol. The van der Waals surface area contributed by atoms with Crippen LogP contribution < -0.4 is 10.6 Å². The first kappa shape index (κ1) is 14.1. The molecule has 1 aliphatic rings. The van der Waals surface area contributed by atoms with E-state index in [4.69, 9.17) is 0 Å². The van der Waals surface area contributed by atoms with Gasteiger partial charge < -0.3 is 10.6 Å². The third-order valence-corrected chi connectivity index (χ3v) is 3.51. The lowest BCUT2D eigenvalue weighted by Crippen LogP contribution is -2.39. The van der Waals surface area contributed by atoms with Gasteiger partial charge in [0.2, 0.25) is 5.91 Å². The highest BCUT2D eigenvalue weighted by Crippen LogP contribution is 2.22. The molecule has 0 spiro atoms. The number of amides is 1. The first-order chi connectivity index (χ1) is 8.97. The molecular formula is C14H24N4O. The lowest BCUT2D eigenvalue weighted by molar-refractivity contribution is -0.118. The van der Waals surface area contributed by atoms with Crippen LogP contribution in [0.3, 0.4) is 0 Å². The SMILES string of the molecule is CC(C)(C)c1cc(NC(=O)C2CCCCCN2)n[nH]1. The highest BCUT2D eigenvalue weighted by atomic mass is 16.2. The van der Waals surface area contributed by atoms with Crippen LogP contribution in [0.25, 0.3) is 0 Å². The number of H-pyrrole nitrogens is 1. The standard InChI is InChI=1S/C14H24N4O/c1-14(2,3)11-9-12(18-17-11)16-13(19)10-7-5-4-6-8-15-10/h9-10,15H,4-8H2,1-3H3,(H2,16,17,18,19). The largest absolute Gasteiger partial charge is 0.308 e. The molecule has 1 aromatic rings. The Labute approximate surface area is 114 Å². The van der Waals surface area contributed by atoms with Crippen LogP contribution in [0.2, 0.25) is 0 Å². The summed E-state index contributed by atoms with van der Waals surface area (Å²) in [6.07, 6.45) is 4.37. The summed E-state index contributed by atoms with van der Waals surface area (Å²) in [6, 6.07) is 1.83. The zero-order valence-electron chi connectivity index (χ0n) is 12.0. The molecule has 5 nitrogen and oxygen atoms in total. The maximum atomic E-state index is 12.2. The fourth-order valence-electron chi connectivity index (χ4n) is 2.24. The zero-order valence-corrected chi connectivity index (χ0v) is 12.0. The van der Waals surface area contributed by atoms with Gasteiger partial charge in [0.05, 0.1) is 6.04 Å². The number of hydrogen-bond donors (Lipinski definition) is 3. The fourth-order valence-corrected chi connectivity index (χ4v) is 2.24. The minimum atomic E-state index is -0.0858. The molecule has 1 fully saturated rings. The monoisotopic (exact) mass is 264 g/mol. The van der Waals surface area contributed by atoms with Crippen molar-refractivity contribution in [3.63, 3.8) is 0 Å². The van der Waals surface area contributed by atoms with Crippen LogP contribution in [0.4, 0.5) is 5.82 Å². The highest BCUT2D eigenvalue weighted by Gasteiger charge is 2.21. The summed E-state index contributed by atoms with van der Waals surface area (Å²) >= 11 is 0. The molecule has 1 saturated heterocycles. The van der Waals surface area contributed by atoms with E-state index in [-0.39, 0.29) is 17.4 Å². The minimum absolute atomic E-state index is 0.0105. The summed E-state index contributed by atoms with van der Waals surface area (Å²) < 4.78 is 0. The maximum absolute atomic E-state index is 12.2. The molecule has 5 heteroatoms. The van der Waals surface area contributed by atoms with E-state index in [1.807, 2.05) is 6.07 Å². The molecule has 19 heavy (non-hydrogen) atoms. The zero-order chi connectivity index (χ0) is 13.9. The quantitative estimate of drug-likeness (QED) is 0.767. The Morgan fingerprint density at radius 3 is 2.84 bits per heavy atom. The Morgan fingerprint density at radius 1 is 1.37 bits per heavy atom. The van der Waals surface area contributed by atoms with Gasteiger partial charge in [0.1, 0.15) is 0 Å². The predicted molar refractivity (Wildman–Crippen MR) is 76.2 cm³/mol. The Balaban J connectivity index is 1.96. The number of carbonyl (C=O) groups excluding carboxylic acids is 1. The van der Waals surface area contributed by atoms with Crippen molar-refractivity contribution in [1.29, 1.82) is 0 Å². The van der Waals surface area contributed by atoms with Crippen LogP contribution in [0.5, 0.6) is 0 Å². The summed E-state index contributed by atoms with van der Waals surface area (Å²) in [5, 5.41) is 13.3. The third-order valence-electron chi connectivity index (χ3n) is 3.51. The van der Waals surface area contributed by atoms with E-state index in [0.29, 0.717) is 5.82 Å². The molecule has 1 amide bonds. The van der Waals surface area contributed by atoms with Crippen LogP contribution in [0.15, 0.2) is 6.07 Å². The second kappa shape index (κ2) is 5.74. The fraction of sp³-hybridized carbons (Fsp3) is 0.714. The lowest BCUT2D eigenvalue weighted by atomic mass is 9.92. The molecule has 0 saturated carbocycles. The second-order valence-electron chi connectivity index (χ2n) is 6.26. The van der Waals surface area contributed by atoms with Crippen LogP contribution in [-0.2, 0) is 10.2 Å². The molecule has 106 valence electrons. The molecule has 0 radical (unpaired) electrons. The Morgan fingerprint density at radius 2 is 2.16 bits per heavy atom. The van der Waals surface area contributed by atoms with E-state index < -0.39 is 0 Å². The summed E-state index contributed by atoms with van der Waals surface area (Å²) in [7, 11) is 0. The van der Waals surface area contributed by atoms with Gasteiger partial charge in [-0.15, -0.1) is 0 Å². The Kier molecular flexibility index (Phi) is 4.24. The summed E-state index contributed by atoms with van der Waals surface area (Å²) in [4.78, 5) is 12.2. The third kappa shape index (κ3) is 3.80. The molecule has 3 N–H and O–H groups in total. The van der Waals surface area contributed by atoms with Gasteiger partial charge in [-0.2, -0.15) is 5.10 Å². The van der Waals surface area contributed by atoms with Crippen molar-refractivity contribution < 1.29 is 4.79 Å². The number of hydrogen-bond acceptors (Lipinski definition) is 3. The van der Waals surface area contributed by atoms with E-state index in [1.54, 1.807) is 0 Å². The highest BCUT2D eigenvalue weighted by molar-refractivity contribution is 5.94. The topological polar surface area (TPSA) is 69.8 Å².